The number of anilines is 1. The third-order valence-electron chi connectivity index (χ3n) is 3.67. The van der Waals surface area contributed by atoms with E-state index in [2.05, 4.69) is 16.4 Å². The first-order chi connectivity index (χ1) is 11.5. The molecule has 0 spiro atoms. The number of hydrogen-bond donors (Lipinski definition) is 1. The van der Waals surface area contributed by atoms with E-state index in [1.807, 2.05) is 57.2 Å². The second-order valence-electron chi connectivity index (χ2n) is 5.83. The quantitative estimate of drug-likeness (QED) is 0.667. The van der Waals surface area contributed by atoms with Gasteiger partial charge in [0.25, 0.3) is 5.22 Å². The van der Waals surface area contributed by atoms with Gasteiger partial charge in [-0.05, 0) is 55.7 Å². The molecule has 0 fully saturated rings. The van der Waals surface area contributed by atoms with Crippen molar-refractivity contribution in [2.75, 3.05) is 5.32 Å². The summed E-state index contributed by atoms with van der Waals surface area (Å²) in [7, 11) is 0. The fourth-order valence-corrected chi connectivity index (χ4v) is 3.48. The van der Waals surface area contributed by atoms with Gasteiger partial charge in [-0.3, -0.25) is 4.79 Å². The van der Waals surface area contributed by atoms with Gasteiger partial charge in [-0.2, -0.15) is 0 Å². The van der Waals surface area contributed by atoms with E-state index in [9.17, 15) is 4.79 Å². The summed E-state index contributed by atoms with van der Waals surface area (Å²) >= 11 is 1.36. The molecule has 1 N–H and O–H groups in total. The minimum Gasteiger partial charge on any atom is -0.431 e. The van der Waals surface area contributed by atoms with Gasteiger partial charge in [-0.1, -0.05) is 36.9 Å². The first kappa shape index (κ1) is 16.6. The highest BCUT2D eigenvalue weighted by Crippen LogP contribution is 2.29. The van der Waals surface area contributed by atoms with Gasteiger partial charge in [0.2, 0.25) is 5.91 Å². The summed E-state index contributed by atoms with van der Waals surface area (Å²) in [5.41, 5.74) is 4.64. The van der Waals surface area contributed by atoms with Gasteiger partial charge in [-0.25, -0.2) is 4.98 Å². The van der Waals surface area contributed by atoms with Crippen molar-refractivity contribution >= 4 is 34.5 Å². The lowest BCUT2D eigenvalue weighted by atomic mass is 10.1. The van der Waals surface area contributed by atoms with Crippen molar-refractivity contribution in [3.8, 4) is 0 Å². The molecule has 1 atom stereocenters. The Morgan fingerprint density at radius 1 is 1.21 bits per heavy atom. The van der Waals surface area contributed by atoms with Gasteiger partial charge in [-0.15, -0.1) is 0 Å². The average Bonchev–Trinajstić information content (AvgIpc) is 2.93. The predicted octanol–water partition coefficient (Wildman–Crippen LogP) is 4.95. The standard InChI is InChI=1S/C19H20N2O2S/c1-4-17(18(22)20-14-10-12(2)9-13(3)11-14)24-19-21-15-7-5-6-8-16(15)23-19/h5-11,17H,4H2,1-3H3,(H,20,22). The summed E-state index contributed by atoms with van der Waals surface area (Å²) in [4.78, 5) is 17.0. The van der Waals surface area contributed by atoms with Crippen molar-refractivity contribution in [2.45, 2.75) is 37.7 Å². The lowest BCUT2D eigenvalue weighted by molar-refractivity contribution is -0.115. The van der Waals surface area contributed by atoms with Crippen LogP contribution < -0.4 is 5.32 Å². The van der Waals surface area contributed by atoms with Crippen molar-refractivity contribution in [2.24, 2.45) is 0 Å². The predicted molar refractivity (Wildman–Crippen MR) is 98.5 cm³/mol. The Labute approximate surface area is 145 Å². The maximum absolute atomic E-state index is 12.6. The normalized spacial score (nSPS) is 12.3. The number of fused-ring (bicyclic) bond motifs is 1. The molecule has 2 aromatic carbocycles. The van der Waals surface area contributed by atoms with Crippen LogP contribution in [0.25, 0.3) is 11.1 Å². The number of nitrogens with zero attached hydrogens (tertiary/aromatic N) is 1. The van der Waals surface area contributed by atoms with Crippen molar-refractivity contribution in [1.29, 1.82) is 0 Å². The van der Waals surface area contributed by atoms with Crippen LogP contribution in [0.3, 0.4) is 0 Å². The van der Waals surface area contributed by atoms with E-state index in [1.54, 1.807) is 0 Å². The lowest BCUT2D eigenvalue weighted by Gasteiger charge is -2.13. The van der Waals surface area contributed by atoms with E-state index in [0.717, 1.165) is 27.9 Å². The Balaban J connectivity index is 1.74. The zero-order chi connectivity index (χ0) is 17.1. The lowest BCUT2D eigenvalue weighted by Crippen LogP contribution is -2.24. The molecule has 1 unspecified atom stereocenters. The number of nitrogens with one attached hydrogen (secondary N) is 1. The molecule has 0 aliphatic rings. The highest BCUT2D eigenvalue weighted by atomic mass is 32.2. The van der Waals surface area contributed by atoms with Crippen LogP contribution in [0.1, 0.15) is 24.5 Å². The van der Waals surface area contributed by atoms with Crippen molar-refractivity contribution in [3.63, 3.8) is 0 Å². The zero-order valence-corrected chi connectivity index (χ0v) is 14.8. The molecular formula is C19H20N2O2S. The molecule has 5 heteroatoms. The minimum atomic E-state index is -0.251. The van der Waals surface area contributed by atoms with Crippen molar-refractivity contribution in [1.82, 2.24) is 4.98 Å². The van der Waals surface area contributed by atoms with Crippen LogP contribution in [-0.2, 0) is 4.79 Å². The van der Waals surface area contributed by atoms with Crippen LogP contribution in [0, 0.1) is 13.8 Å². The molecule has 0 saturated carbocycles. The summed E-state index contributed by atoms with van der Waals surface area (Å²) in [5, 5.41) is 3.27. The number of carbonyl (C=O) groups excluding carboxylic acids is 1. The Kier molecular flexibility index (Phi) is 4.90. The first-order valence-electron chi connectivity index (χ1n) is 7.96. The van der Waals surface area contributed by atoms with E-state index < -0.39 is 0 Å². The third kappa shape index (κ3) is 3.79. The number of hydrogen-bond acceptors (Lipinski definition) is 4. The van der Waals surface area contributed by atoms with Crippen LogP contribution in [-0.4, -0.2) is 16.1 Å². The van der Waals surface area contributed by atoms with Crippen LogP contribution in [0.15, 0.2) is 52.1 Å². The monoisotopic (exact) mass is 340 g/mol. The molecule has 0 aliphatic heterocycles. The molecule has 3 aromatic rings. The summed E-state index contributed by atoms with van der Waals surface area (Å²) in [6.45, 7) is 6.03. The molecule has 0 aliphatic carbocycles. The topological polar surface area (TPSA) is 55.1 Å². The highest BCUT2D eigenvalue weighted by Gasteiger charge is 2.21. The Bertz CT molecular complexity index is 819. The van der Waals surface area contributed by atoms with E-state index in [-0.39, 0.29) is 11.2 Å². The number of carbonyl (C=O) groups is 1. The number of aromatic nitrogens is 1. The van der Waals surface area contributed by atoms with Crippen LogP contribution in [0.2, 0.25) is 0 Å². The third-order valence-corrected chi connectivity index (χ3v) is 4.88. The molecule has 4 nitrogen and oxygen atoms in total. The van der Waals surface area contributed by atoms with Crippen LogP contribution in [0.5, 0.6) is 0 Å². The van der Waals surface area contributed by atoms with E-state index in [4.69, 9.17) is 4.42 Å². The SMILES string of the molecule is CCC(Sc1nc2ccccc2o1)C(=O)Nc1cc(C)cc(C)c1. The number of oxazole rings is 1. The van der Waals surface area contributed by atoms with Crippen molar-refractivity contribution < 1.29 is 9.21 Å². The van der Waals surface area contributed by atoms with Crippen molar-refractivity contribution in [3.05, 3.63) is 53.6 Å². The fraction of sp³-hybridized carbons (Fsp3) is 0.263. The van der Waals surface area contributed by atoms with E-state index in [0.29, 0.717) is 11.6 Å². The van der Waals surface area contributed by atoms with E-state index >= 15 is 0 Å². The molecule has 24 heavy (non-hydrogen) atoms. The summed E-state index contributed by atoms with van der Waals surface area (Å²) in [6.07, 6.45) is 0.694. The van der Waals surface area contributed by atoms with E-state index in [1.165, 1.54) is 11.8 Å². The second kappa shape index (κ2) is 7.09. The minimum absolute atomic E-state index is 0.0326. The Hall–Kier alpha value is -2.27. The smallest absolute Gasteiger partial charge is 0.257 e. The molecule has 0 saturated heterocycles. The molecule has 124 valence electrons. The van der Waals surface area contributed by atoms with Crippen LogP contribution in [0.4, 0.5) is 5.69 Å². The molecule has 1 heterocycles. The van der Waals surface area contributed by atoms with Gasteiger partial charge in [0.15, 0.2) is 5.58 Å². The van der Waals surface area contributed by atoms with Gasteiger partial charge in [0, 0.05) is 5.69 Å². The molecule has 0 radical (unpaired) electrons. The summed E-state index contributed by atoms with van der Waals surface area (Å²) in [6, 6.07) is 13.6. The maximum Gasteiger partial charge on any atom is 0.257 e. The Morgan fingerprint density at radius 3 is 2.58 bits per heavy atom. The van der Waals surface area contributed by atoms with Gasteiger partial charge >= 0.3 is 0 Å². The Morgan fingerprint density at radius 2 is 1.92 bits per heavy atom. The average molecular weight is 340 g/mol. The maximum atomic E-state index is 12.6. The number of thioether (sulfide) groups is 1. The number of aryl methyl sites for hydroxylation is 2. The molecule has 1 amide bonds. The highest BCUT2D eigenvalue weighted by molar-refractivity contribution is 8.00. The first-order valence-corrected chi connectivity index (χ1v) is 8.84. The summed E-state index contributed by atoms with van der Waals surface area (Å²) < 4.78 is 5.71. The van der Waals surface area contributed by atoms with Gasteiger partial charge < -0.3 is 9.73 Å². The van der Waals surface area contributed by atoms with Gasteiger partial charge in [0.05, 0.1) is 5.25 Å². The molecular weight excluding hydrogens is 320 g/mol. The molecule has 0 bridgehead atoms. The number of rotatable bonds is 5. The zero-order valence-electron chi connectivity index (χ0n) is 14.0. The fourth-order valence-electron chi connectivity index (χ4n) is 2.62. The van der Waals surface area contributed by atoms with Gasteiger partial charge in [0.1, 0.15) is 5.52 Å². The number of benzene rings is 2. The molecule has 3 rings (SSSR count). The van der Waals surface area contributed by atoms with Crippen LogP contribution >= 0.6 is 11.8 Å². The number of para-hydroxylation sites is 2. The summed E-state index contributed by atoms with van der Waals surface area (Å²) in [5.74, 6) is -0.0326. The molecule has 1 aromatic heterocycles. The largest absolute Gasteiger partial charge is 0.431 e. The number of amides is 1. The second-order valence-corrected chi connectivity index (χ2v) is 6.98.